The fraction of sp³-hybridized carbons (Fsp3) is 1.00. The van der Waals surface area contributed by atoms with Crippen molar-refractivity contribution in [3.8, 4) is 0 Å². The van der Waals surface area contributed by atoms with Gasteiger partial charge in [0.25, 0.3) is 0 Å². The van der Waals surface area contributed by atoms with E-state index in [1.807, 2.05) is 0 Å². The minimum atomic E-state index is 0.724. The molecule has 1 aliphatic heterocycles. The fourth-order valence-electron chi connectivity index (χ4n) is 2.39. The van der Waals surface area contributed by atoms with Gasteiger partial charge in [-0.2, -0.15) is 0 Å². The van der Waals surface area contributed by atoms with Crippen molar-refractivity contribution in [1.82, 2.24) is 10.2 Å². The van der Waals surface area contributed by atoms with Gasteiger partial charge in [-0.1, -0.05) is 26.7 Å². The van der Waals surface area contributed by atoms with Crippen molar-refractivity contribution in [2.24, 2.45) is 5.92 Å². The zero-order valence-electron chi connectivity index (χ0n) is 10.8. The van der Waals surface area contributed by atoms with Gasteiger partial charge in [0, 0.05) is 12.6 Å². The summed E-state index contributed by atoms with van der Waals surface area (Å²) in [5.74, 6) is 0.871. The number of rotatable bonds is 7. The lowest BCUT2D eigenvalue weighted by Gasteiger charge is -2.25. The fourth-order valence-corrected chi connectivity index (χ4v) is 2.39. The van der Waals surface area contributed by atoms with Crippen LogP contribution in [0.5, 0.6) is 0 Å². The van der Waals surface area contributed by atoms with Crippen LogP contribution in [0.4, 0.5) is 0 Å². The summed E-state index contributed by atoms with van der Waals surface area (Å²) < 4.78 is 0. The van der Waals surface area contributed by atoms with E-state index < -0.39 is 0 Å². The summed E-state index contributed by atoms with van der Waals surface area (Å²) in [6.45, 7) is 11.9. The molecule has 0 bridgehead atoms. The molecule has 1 heterocycles. The maximum Gasteiger partial charge on any atom is 0.0192 e. The van der Waals surface area contributed by atoms with Gasteiger partial charge in [0.2, 0.25) is 0 Å². The Morgan fingerprint density at radius 1 is 1.07 bits per heavy atom. The molecule has 90 valence electrons. The van der Waals surface area contributed by atoms with Crippen molar-refractivity contribution in [2.75, 3.05) is 26.2 Å². The Balaban J connectivity index is 2.07. The van der Waals surface area contributed by atoms with Crippen molar-refractivity contribution in [3.63, 3.8) is 0 Å². The van der Waals surface area contributed by atoms with Crippen LogP contribution in [0.25, 0.3) is 0 Å². The lowest BCUT2D eigenvalue weighted by Crippen LogP contribution is -2.39. The van der Waals surface area contributed by atoms with Crippen LogP contribution in [0.3, 0.4) is 0 Å². The summed E-state index contributed by atoms with van der Waals surface area (Å²) in [6.07, 6.45) is 5.41. The second kappa shape index (κ2) is 7.24. The van der Waals surface area contributed by atoms with E-state index in [4.69, 9.17) is 0 Å². The van der Waals surface area contributed by atoms with Gasteiger partial charge in [-0.15, -0.1) is 0 Å². The summed E-state index contributed by atoms with van der Waals surface area (Å²) in [5, 5.41) is 3.62. The van der Waals surface area contributed by atoms with E-state index in [0.717, 1.165) is 18.5 Å². The van der Waals surface area contributed by atoms with E-state index in [0.29, 0.717) is 0 Å². The second-order valence-electron chi connectivity index (χ2n) is 4.93. The van der Waals surface area contributed by atoms with Gasteiger partial charge < -0.3 is 5.32 Å². The molecule has 0 aliphatic carbocycles. The van der Waals surface area contributed by atoms with E-state index in [9.17, 15) is 0 Å². The van der Waals surface area contributed by atoms with Crippen LogP contribution < -0.4 is 5.32 Å². The Kier molecular flexibility index (Phi) is 6.26. The van der Waals surface area contributed by atoms with Crippen molar-refractivity contribution in [3.05, 3.63) is 0 Å². The van der Waals surface area contributed by atoms with Gasteiger partial charge in [0.1, 0.15) is 0 Å². The zero-order chi connectivity index (χ0) is 11.1. The first-order chi connectivity index (χ1) is 7.27. The Bertz CT molecular complexity index is 149. The van der Waals surface area contributed by atoms with E-state index in [2.05, 4.69) is 31.0 Å². The molecule has 1 unspecified atom stereocenters. The smallest absolute Gasteiger partial charge is 0.0192 e. The van der Waals surface area contributed by atoms with Gasteiger partial charge in [0.05, 0.1) is 0 Å². The molecular weight excluding hydrogens is 184 g/mol. The van der Waals surface area contributed by atoms with E-state index in [1.54, 1.807) is 0 Å². The maximum atomic E-state index is 3.62. The third-order valence-corrected chi connectivity index (χ3v) is 3.79. The van der Waals surface area contributed by atoms with Crippen molar-refractivity contribution in [2.45, 2.75) is 52.5 Å². The number of hydrogen-bond donors (Lipinski definition) is 1. The molecule has 1 N–H and O–H groups in total. The van der Waals surface area contributed by atoms with Crippen LogP contribution in [0.1, 0.15) is 46.5 Å². The Morgan fingerprint density at radius 2 is 1.67 bits per heavy atom. The molecule has 1 fully saturated rings. The molecule has 1 atom stereocenters. The minimum Gasteiger partial charge on any atom is -0.315 e. The lowest BCUT2D eigenvalue weighted by molar-refractivity contribution is 0.248. The summed E-state index contributed by atoms with van der Waals surface area (Å²) in [6, 6.07) is 0.724. The Labute approximate surface area is 95.4 Å². The Morgan fingerprint density at radius 3 is 2.20 bits per heavy atom. The largest absolute Gasteiger partial charge is 0.315 e. The number of nitrogens with one attached hydrogen (secondary N) is 1. The molecule has 0 saturated carbocycles. The average Bonchev–Trinajstić information content (AvgIpc) is 2.77. The normalized spacial score (nSPS) is 20.0. The van der Waals surface area contributed by atoms with Crippen LogP contribution in [-0.4, -0.2) is 37.1 Å². The molecule has 1 saturated heterocycles. The van der Waals surface area contributed by atoms with Gasteiger partial charge in [0.15, 0.2) is 0 Å². The summed E-state index contributed by atoms with van der Waals surface area (Å²) in [4.78, 5) is 2.61. The highest BCUT2D eigenvalue weighted by atomic mass is 15.2. The third-order valence-electron chi connectivity index (χ3n) is 3.79. The van der Waals surface area contributed by atoms with Crippen LogP contribution in [-0.2, 0) is 0 Å². The molecule has 1 rings (SSSR count). The predicted octanol–water partition coefficient (Wildman–Crippen LogP) is 2.50. The van der Waals surface area contributed by atoms with Crippen molar-refractivity contribution in [1.29, 1.82) is 0 Å². The maximum absolute atomic E-state index is 3.62. The van der Waals surface area contributed by atoms with E-state index in [-0.39, 0.29) is 0 Å². The van der Waals surface area contributed by atoms with Crippen molar-refractivity contribution >= 4 is 0 Å². The summed E-state index contributed by atoms with van der Waals surface area (Å²) in [7, 11) is 0. The average molecular weight is 212 g/mol. The monoisotopic (exact) mass is 212 g/mol. The minimum absolute atomic E-state index is 0.724. The van der Waals surface area contributed by atoms with Crippen LogP contribution >= 0.6 is 0 Å². The molecule has 0 radical (unpaired) electrons. The molecule has 1 aliphatic rings. The second-order valence-corrected chi connectivity index (χ2v) is 4.93. The van der Waals surface area contributed by atoms with Crippen LogP contribution in [0, 0.1) is 5.92 Å². The van der Waals surface area contributed by atoms with Gasteiger partial charge >= 0.3 is 0 Å². The number of nitrogens with zero attached hydrogens (tertiary/aromatic N) is 1. The van der Waals surface area contributed by atoms with Gasteiger partial charge in [-0.25, -0.2) is 0 Å². The molecule has 15 heavy (non-hydrogen) atoms. The highest BCUT2D eigenvalue weighted by Gasteiger charge is 2.17. The van der Waals surface area contributed by atoms with Crippen LogP contribution in [0.15, 0.2) is 0 Å². The standard InChI is InChI=1S/C13H28N2/c1-4-13(5-2)11-14-10-12(3)15-8-6-7-9-15/h12-14H,4-11H2,1-3H3. The van der Waals surface area contributed by atoms with E-state index in [1.165, 1.54) is 45.3 Å². The molecule has 0 spiro atoms. The molecule has 2 nitrogen and oxygen atoms in total. The third kappa shape index (κ3) is 4.52. The first-order valence-corrected chi connectivity index (χ1v) is 6.72. The molecule has 0 amide bonds. The molecule has 0 aromatic carbocycles. The molecule has 0 aromatic heterocycles. The van der Waals surface area contributed by atoms with Crippen molar-refractivity contribution < 1.29 is 0 Å². The molecule has 0 aromatic rings. The summed E-state index contributed by atoms with van der Waals surface area (Å²) in [5.41, 5.74) is 0. The first-order valence-electron chi connectivity index (χ1n) is 6.72. The zero-order valence-corrected chi connectivity index (χ0v) is 10.8. The number of likely N-dealkylation sites (tertiary alicyclic amines) is 1. The SMILES string of the molecule is CCC(CC)CNCC(C)N1CCCC1. The van der Waals surface area contributed by atoms with E-state index >= 15 is 0 Å². The highest BCUT2D eigenvalue weighted by Crippen LogP contribution is 2.11. The van der Waals surface area contributed by atoms with Crippen LogP contribution in [0.2, 0.25) is 0 Å². The first kappa shape index (κ1) is 13.0. The quantitative estimate of drug-likeness (QED) is 0.697. The van der Waals surface area contributed by atoms with Gasteiger partial charge in [-0.3, -0.25) is 4.90 Å². The topological polar surface area (TPSA) is 15.3 Å². The Hall–Kier alpha value is -0.0800. The summed E-state index contributed by atoms with van der Waals surface area (Å²) >= 11 is 0. The molecular formula is C13H28N2. The highest BCUT2D eigenvalue weighted by molar-refractivity contribution is 4.74. The predicted molar refractivity (Wildman–Crippen MR) is 67.2 cm³/mol. The molecule has 2 heteroatoms. The lowest BCUT2D eigenvalue weighted by atomic mass is 10.0. The van der Waals surface area contributed by atoms with Gasteiger partial charge in [-0.05, 0) is 45.3 Å². The number of hydrogen-bond acceptors (Lipinski definition) is 2.